The number of phenolic OH excluding ortho intramolecular Hbond substituents is 2. The lowest BCUT2D eigenvalue weighted by atomic mass is 10.2. The molecule has 0 unspecified atom stereocenters. The van der Waals surface area contributed by atoms with Crippen LogP contribution in [-0.2, 0) is 20.0 Å². The highest BCUT2D eigenvalue weighted by atomic mass is 16.3. The van der Waals surface area contributed by atoms with Gasteiger partial charge < -0.3 is 15.5 Å². The summed E-state index contributed by atoms with van der Waals surface area (Å²) in [5.41, 5.74) is 1.87. The molecule has 0 aliphatic rings. The van der Waals surface area contributed by atoms with Crippen molar-refractivity contribution in [2.45, 2.75) is 13.0 Å². The molecule has 2 aromatic rings. The van der Waals surface area contributed by atoms with Gasteiger partial charge in [-0.05, 0) is 24.6 Å². The lowest BCUT2D eigenvalue weighted by molar-refractivity contribution is 0.398. The first-order valence-corrected chi connectivity index (χ1v) is 5.85. The van der Waals surface area contributed by atoms with E-state index in [2.05, 4.69) is 10.4 Å². The summed E-state index contributed by atoms with van der Waals surface area (Å²) in [6.07, 6.45) is 4.70. The van der Waals surface area contributed by atoms with Crippen LogP contribution in [0.5, 0.6) is 11.5 Å². The summed E-state index contributed by atoms with van der Waals surface area (Å²) in [4.78, 5) is 0. The molecule has 0 saturated carbocycles. The smallest absolute Gasteiger partial charge is 0.161 e. The Morgan fingerprint density at radius 2 is 2.17 bits per heavy atom. The van der Waals surface area contributed by atoms with Gasteiger partial charge in [0.1, 0.15) is 0 Å². The quantitative estimate of drug-likeness (QED) is 0.548. The van der Waals surface area contributed by atoms with Crippen LogP contribution in [0, 0.1) is 0 Å². The number of hydrogen-bond donors (Lipinski definition) is 3. The van der Waals surface area contributed by atoms with E-state index >= 15 is 0 Å². The maximum absolute atomic E-state index is 9.61. The van der Waals surface area contributed by atoms with Crippen molar-refractivity contribution in [3.63, 3.8) is 0 Å². The van der Waals surface area contributed by atoms with Crippen LogP contribution in [-0.4, -0.2) is 26.5 Å². The van der Waals surface area contributed by atoms with Crippen molar-refractivity contribution < 1.29 is 10.2 Å². The summed E-state index contributed by atoms with van der Waals surface area (Å²) in [6, 6.07) is 4.97. The molecule has 0 amide bonds. The molecule has 3 N–H and O–H groups in total. The van der Waals surface area contributed by atoms with Gasteiger partial charge in [-0.25, -0.2) is 0 Å². The monoisotopic (exact) mass is 247 g/mol. The second kappa shape index (κ2) is 5.55. The van der Waals surface area contributed by atoms with Crippen LogP contribution >= 0.6 is 0 Å². The topological polar surface area (TPSA) is 70.3 Å². The largest absolute Gasteiger partial charge is 0.504 e. The highest BCUT2D eigenvalue weighted by molar-refractivity contribution is 5.44. The summed E-state index contributed by atoms with van der Waals surface area (Å²) in [6.45, 7) is 1.32. The molecule has 0 atom stereocenters. The Balaban J connectivity index is 1.80. The Kier molecular flexibility index (Phi) is 3.84. The van der Waals surface area contributed by atoms with E-state index < -0.39 is 0 Å². The van der Waals surface area contributed by atoms with Crippen molar-refractivity contribution in [2.24, 2.45) is 7.05 Å². The fourth-order valence-corrected chi connectivity index (χ4v) is 1.78. The molecule has 1 aromatic carbocycles. The SMILES string of the molecule is Cn1cc(CCNCc2cccc(O)c2O)cn1. The molecule has 0 bridgehead atoms. The van der Waals surface area contributed by atoms with Crippen molar-refractivity contribution in [1.82, 2.24) is 15.1 Å². The van der Waals surface area contributed by atoms with Crippen molar-refractivity contribution in [3.05, 3.63) is 41.7 Å². The maximum atomic E-state index is 9.61. The molecule has 5 nitrogen and oxygen atoms in total. The highest BCUT2D eigenvalue weighted by Gasteiger charge is 2.04. The number of benzene rings is 1. The number of para-hydroxylation sites is 1. The third-order valence-electron chi connectivity index (χ3n) is 2.76. The molecular formula is C13H17N3O2. The third kappa shape index (κ3) is 3.01. The second-order valence-corrected chi connectivity index (χ2v) is 4.23. The Labute approximate surface area is 106 Å². The van der Waals surface area contributed by atoms with Gasteiger partial charge in [0.25, 0.3) is 0 Å². The van der Waals surface area contributed by atoms with Crippen LogP contribution in [0.1, 0.15) is 11.1 Å². The van der Waals surface area contributed by atoms with Gasteiger partial charge in [0, 0.05) is 25.4 Å². The molecule has 0 aliphatic carbocycles. The average Bonchev–Trinajstić information content (AvgIpc) is 2.76. The van der Waals surface area contributed by atoms with E-state index in [-0.39, 0.29) is 11.5 Å². The number of phenols is 2. The normalized spacial score (nSPS) is 10.7. The zero-order valence-corrected chi connectivity index (χ0v) is 10.3. The number of rotatable bonds is 5. The molecule has 18 heavy (non-hydrogen) atoms. The van der Waals surface area contributed by atoms with Crippen molar-refractivity contribution in [2.75, 3.05) is 6.54 Å². The molecule has 0 saturated heterocycles. The lowest BCUT2D eigenvalue weighted by Gasteiger charge is -2.07. The Hall–Kier alpha value is -2.01. The second-order valence-electron chi connectivity index (χ2n) is 4.23. The Morgan fingerprint density at radius 1 is 1.33 bits per heavy atom. The molecule has 96 valence electrons. The fourth-order valence-electron chi connectivity index (χ4n) is 1.78. The first-order chi connectivity index (χ1) is 8.66. The minimum Gasteiger partial charge on any atom is -0.504 e. The Bertz CT molecular complexity index is 523. The van der Waals surface area contributed by atoms with E-state index in [0.717, 1.165) is 13.0 Å². The van der Waals surface area contributed by atoms with Crippen molar-refractivity contribution >= 4 is 0 Å². The van der Waals surface area contributed by atoms with E-state index in [1.807, 2.05) is 19.4 Å². The number of aromatic nitrogens is 2. The predicted molar refractivity (Wildman–Crippen MR) is 68.4 cm³/mol. The standard InChI is InChI=1S/C13H17N3O2/c1-16-9-10(7-15-16)5-6-14-8-11-3-2-4-12(17)13(11)18/h2-4,7,9,14,17-18H,5-6,8H2,1H3. The van der Waals surface area contributed by atoms with Crippen LogP contribution in [0.15, 0.2) is 30.6 Å². The van der Waals surface area contributed by atoms with Crippen LogP contribution in [0.4, 0.5) is 0 Å². The van der Waals surface area contributed by atoms with Crippen LogP contribution in [0.2, 0.25) is 0 Å². The molecule has 1 heterocycles. The summed E-state index contributed by atoms with van der Waals surface area (Å²) in [7, 11) is 1.89. The highest BCUT2D eigenvalue weighted by Crippen LogP contribution is 2.27. The third-order valence-corrected chi connectivity index (χ3v) is 2.76. The molecule has 5 heteroatoms. The van der Waals surface area contributed by atoms with Crippen LogP contribution < -0.4 is 5.32 Å². The molecule has 0 spiro atoms. The van der Waals surface area contributed by atoms with E-state index in [1.165, 1.54) is 11.6 Å². The first-order valence-electron chi connectivity index (χ1n) is 5.85. The number of aromatic hydroxyl groups is 2. The van der Waals surface area contributed by atoms with Gasteiger partial charge >= 0.3 is 0 Å². The van der Waals surface area contributed by atoms with Gasteiger partial charge in [-0.15, -0.1) is 0 Å². The fraction of sp³-hybridized carbons (Fsp3) is 0.308. The Morgan fingerprint density at radius 3 is 2.89 bits per heavy atom. The number of aryl methyl sites for hydroxylation is 1. The molecule has 1 aromatic heterocycles. The van der Waals surface area contributed by atoms with Crippen molar-refractivity contribution in [1.29, 1.82) is 0 Å². The molecular weight excluding hydrogens is 230 g/mol. The van der Waals surface area contributed by atoms with Gasteiger partial charge in [0.15, 0.2) is 11.5 Å². The van der Waals surface area contributed by atoms with Crippen LogP contribution in [0.3, 0.4) is 0 Å². The zero-order valence-electron chi connectivity index (χ0n) is 10.3. The zero-order chi connectivity index (χ0) is 13.0. The minimum atomic E-state index is -0.0819. The van der Waals surface area contributed by atoms with Gasteiger partial charge in [-0.1, -0.05) is 12.1 Å². The predicted octanol–water partition coefficient (Wildman–Crippen LogP) is 1.16. The van der Waals surface area contributed by atoms with E-state index in [9.17, 15) is 10.2 Å². The van der Waals surface area contributed by atoms with Gasteiger partial charge in [0.2, 0.25) is 0 Å². The van der Waals surface area contributed by atoms with Crippen LogP contribution in [0.25, 0.3) is 0 Å². The lowest BCUT2D eigenvalue weighted by Crippen LogP contribution is -2.16. The number of nitrogens with one attached hydrogen (secondary N) is 1. The molecule has 0 aliphatic heterocycles. The summed E-state index contributed by atoms with van der Waals surface area (Å²) in [5, 5.41) is 26.3. The minimum absolute atomic E-state index is 0.0497. The van der Waals surface area contributed by atoms with Gasteiger partial charge in [-0.2, -0.15) is 5.10 Å². The van der Waals surface area contributed by atoms with E-state index in [4.69, 9.17) is 0 Å². The summed E-state index contributed by atoms with van der Waals surface area (Å²) >= 11 is 0. The molecule has 0 radical (unpaired) electrons. The van der Waals surface area contributed by atoms with Crippen molar-refractivity contribution in [3.8, 4) is 11.5 Å². The van der Waals surface area contributed by atoms with E-state index in [1.54, 1.807) is 16.8 Å². The number of nitrogens with zero attached hydrogens (tertiary/aromatic N) is 2. The summed E-state index contributed by atoms with van der Waals surface area (Å²) < 4.78 is 1.77. The average molecular weight is 247 g/mol. The maximum Gasteiger partial charge on any atom is 0.161 e. The van der Waals surface area contributed by atoms with Gasteiger partial charge in [0.05, 0.1) is 6.20 Å². The van der Waals surface area contributed by atoms with Gasteiger partial charge in [-0.3, -0.25) is 4.68 Å². The first kappa shape index (κ1) is 12.4. The molecule has 0 fully saturated rings. The number of hydrogen-bond acceptors (Lipinski definition) is 4. The summed E-state index contributed by atoms with van der Waals surface area (Å²) in [5.74, 6) is -0.132. The molecule has 2 rings (SSSR count). The van der Waals surface area contributed by atoms with E-state index in [0.29, 0.717) is 12.1 Å².